The number of hydrogen-bond donors (Lipinski definition) is 1. The number of thioether (sulfide) groups is 1. The van der Waals surface area contributed by atoms with Crippen molar-refractivity contribution in [1.29, 1.82) is 0 Å². The molecule has 0 atom stereocenters. The molecule has 1 aromatic heterocycles. The van der Waals surface area contributed by atoms with Crippen LogP contribution in [0, 0.1) is 6.92 Å². The number of rotatable bonds is 7. The predicted molar refractivity (Wildman–Crippen MR) is 108 cm³/mol. The van der Waals surface area contributed by atoms with Crippen LogP contribution >= 0.6 is 47.9 Å². The van der Waals surface area contributed by atoms with Gasteiger partial charge in [-0.2, -0.15) is 0 Å². The second-order valence-corrected chi connectivity index (χ2v) is 7.05. The Labute approximate surface area is 164 Å². The molecule has 24 heavy (non-hydrogen) atoms. The Hall–Kier alpha value is -0.790. The van der Waals surface area contributed by atoms with Crippen LogP contribution in [0.15, 0.2) is 34.5 Å². The smallest absolute Gasteiger partial charge is 0.254 e. The fourth-order valence-electron chi connectivity index (χ4n) is 1.98. The summed E-state index contributed by atoms with van der Waals surface area (Å²) in [5.41, 5.74) is 1.83. The third-order valence-electron chi connectivity index (χ3n) is 3.20. The zero-order chi connectivity index (χ0) is 15.9. The summed E-state index contributed by atoms with van der Waals surface area (Å²) in [5.74, 6) is 0.849. The van der Waals surface area contributed by atoms with Gasteiger partial charge in [-0.3, -0.25) is 4.79 Å². The third kappa shape index (κ3) is 6.61. The second-order valence-electron chi connectivity index (χ2n) is 4.97. The van der Waals surface area contributed by atoms with Crippen LogP contribution in [0.2, 0.25) is 0 Å². The summed E-state index contributed by atoms with van der Waals surface area (Å²) >= 11 is 3.32. The van der Waals surface area contributed by atoms with E-state index in [4.69, 9.17) is 0 Å². The van der Waals surface area contributed by atoms with Crippen molar-refractivity contribution in [2.75, 3.05) is 27.2 Å². The Morgan fingerprint density at radius 1 is 1.33 bits per heavy atom. The number of carbonyl (C=O) groups excluding carboxylic acids is 1. The number of aromatic nitrogens is 1. The Bertz CT molecular complexity index is 637. The highest BCUT2D eigenvalue weighted by Crippen LogP contribution is 2.27. The number of halogens is 2. The lowest BCUT2D eigenvalue weighted by atomic mass is 10.2. The van der Waals surface area contributed by atoms with E-state index in [1.165, 1.54) is 0 Å². The Morgan fingerprint density at radius 3 is 2.67 bits per heavy atom. The summed E-state index contributed by atoms with van der Waals surface area (Å²) in [5, 5.41) is 6.21. The Kier molecular flexibility index (Phi) is 11.3. The molecule has 0 fully saturated rings. The van der Waals surface area contributed by atoms with E-state index in [2.05, 4.69) is 15.7 Å². The Balaban J connectivity index is 0.00000264. The number of benzene rings is 1. The molecule has 0 bridgehead atoms. The molecule has 8 heteroatoms. The number of nitrogens with one attached hydrogen (secondary N) is 1. The SMILES string of the molecule is CNCCN(C)C(=O)c1ccccc1SCc1csc(C)n1.Cl.Cl. The molecule has 1 heterocycles. The van der Waals surface area contributed by atoms with Crippen molar-refractivity contribution in [3.8, 4) is 0 Å². The largest absolute Gasteiger partial charge is 0.340 e. The number of amides is 1. The number of hydrogen-bond acceptors (Lipinski definition) is 5. The van der Waals surface area contributed by atoms with Gasteiger partial charge in [-0.05, 0) is 26.1 Å². The third-order valence-corrected chi connectivity index (χ3v) is 5.13. The predicted octanol–water partition coefficient (Wildman–Crippen LogP) is 3.88. The van der Waals surface area contributed by atoms with E-state index >= 15 is 0 Å². The molecule has 2 rings (SSSR count). The number of aryl methyl sites for hydroxylation is 1. The van der Waals surface area contributed by atoms with E-state index in [0.29, 0.717) is 6.54 Å². The van der Waals surface area contributed by atoms with Crippen molar-refractivity contribution in [1.82, 2.24) is 15.2 Å². The van der Waals surface area contributed by atoms with Crippen molar-refractivity contribution in [2.24, 2.45) is 0 Å². The lowest BCUT2D eigenvalue weighted by Gasteiger charge is -2.18. The molecule has 0 aliphatic heterocycles. The molecule has 4 nitrogen and oxygen atoms in total. The van der Waals surface area contributed by atoms with Crippen LogP contribution in [0.3, 0.4) is 0 Å². The Morgan fingerprint density at radius 2 is 2.04 bits per heavy atom. The highest BCUT2D eigenvalue weighted by Gasteiger charge is 2.15. The fourth-order valence-corrected chi connectivity index (χ4v) is 3.64. The van der Waals surface area contributed by atoms with Crippen molar-refractivity contribution in [3.05, 3.63) is 45.9 Å². The van der Waals surface area contributed by atoms with Gasteiger partial charge in [0, 0.05) is 36.2 Å². The molecular formula is C16H23Cl2N3OS2. The van der Waals surface area contributed by atoms with Crippen molar-refractivity contribution in [2.45, 2.75) is 17.6 Å². The summed E-state index contributed by atoms with van der Waals surface area (Å²) in [6.45, 7) is 3.49. The van der Waals surface area contributed by atoms with Gasteiger partial charge in [0.15, 0.2) is 0 Å². The molecule has 1 amide bonds. The maximum absolute atomic E-state index is 12.6. The van der Waals surface area contributed by atoms with Gasteiger partial charge in [0.2, 0.25) is 0 Å². The minimum absolute atomic E-state index is 0. The first-order valence-electron chi connectivity index (χ1n) is 7.14. The molecule has 0 radical (unpaired) electrons. The lowest BCUT2D eigenvalue weighted by Crippen LogP contribution is -2.33. The summed E-state index contributed by atoms with van der Waals surface area (Å²) in [6, 6.07) is 7.78. The molecular weight excluding hydrogens is 385 g/mol. The zero-order valence-corrected chi connectivity index (χ0v) is 17.2. The second kappa shape index (κ2) is 11.7. The van der Waals surface area contributed by atoms with E-state index in [1.54, 1.807) is 28.0 Å². The van der Waals surface area contributed by atoms with Gasteiger partial charge in [-0.1, -0.05) is 12.1 Å². The average molecular weight is 408 g/mol. The lowest BCUT2D eigenvalue weighted by molar-refractivity contribution is 0.0793. The maximum atomic E-state index is 12.6. The molecule has 0 aliphatic rings. The maximum Gasteiger partial charge on any atom is 0.254 e. The number of thiazole rings is 1. The van der Waals surface area contributed by atoms with E-state index in [-0.39, 0.29) is 30.7 Å². The van der Waals surface area contributed by atoms with Crippen molar-refractivity contribution >= 4 is 53.8 Å². The molecule has 0 aliphatic carbocycles. The summed E-state index contributed by atoms with van der Waals surface area (Å²) in [7, 11) is 3.73. The van der Waals surface area contributed by atoms with Gasteiger partial charge in [0.1, 0.15) is 0 Å². The molecule has 134 valence electrons. The molecule has 1 N–H and O–H groups in total. The highest BCUT2D eigenvalue weighted by atomic mass is 35.5. The van der Waals surface area contributed by atoms with Crippen LogP contribution in [0.4, 0.5) is 0 Å². The van der Waals surface area contributed by atoms with Crippen LogP contribution < -0.4 is 5.32 Å². The zero-order valence-electron chi connectivity index (χ0n) is 13.9. The van der Waals surface area contributed by atoms with Gasteiger partial charge < -0.3 is 10.2 Å². The topological polar surface area (TPSA) is 45.2 Å². The first-order valence-corrected chi connectivity index (χ1v) is 9.01. The fraction of sp³-hybridized carbons (Fsp3) is 0.375. The molecule has 1 aromatic carbocycles. The normalized spacial score (nSPS) is 9.79. The summed E-state index contributed by atoms with van der Waals surface area (Å²) < 4.78 is 0. The summed E-state index contributed by atoms with van der Waals surface area (Å²) in [6.07, 6.45) is 0. The van der Waals surface area contributed by atoms with Crippen LogP contribution in [-0.2, 0) is 5.75 Å². The minimum Gasteiger partial charge on any atom is -0.340 e. The van der Waals surface area contributed by atoms with E-state index in [0.717, 1.165) is 33.5 Å². The number of likely N-dealkylation sites (N-methyl/N-ethyl adjacent to an activating group) is 2. The molecule has 0 unspecified atom stereocenters. The number of carbonyl (C=O) groups is 1. The van der Waals surface area contributed by atoms with Gasteiger partial charge in [-0.15, -0.1) is 47.9 Å². The minimum atomic E-state index is 0. The van der Waals surface area contributed by atoms with Gasteiger partial charge in [0.25, 0.3) is 5.91 Å². The van der Waals surface area contributed by atoms with Crippen LogP contribution in [0.1, 0.15) is 21.1 Å². The molecule has 0 saturated heterocycles. The summed E-state index contributed by atoms with van der Waals surface area (Å²) in [4.78, 5) is 19.8. The van der Waals surface area contributed by atoms with Crippen molar-refractivity contribution < 1.29 is 4.79 Å². The van der Waals surface area contributed by atoms with Crippen LogP contribution in [0.25, 0.3) is 0 Å². The van der Waals surface area contributed by atoms with E-state index in [1.807, 2.05) is 45.3 Å². The standard InChI is InChI=1S/C16H21N3OS2.2ClH/c1-12-18-13(10-21-12)11-22-15-7-5-4-6-14(15)16(20)19(3)9-8-17-2;;/h4-7,10,17H,8-9,11H2,1-3H3;2*1H. The van der Waals surface area contributed by atoms with E-state index in [9.17, 15) is 4.79 Å². The average Bonchev–Trinajstić information content (AvgIpc) is 2.95. The molecule has 0 spiro atoms. The highest BCUT2D eigenvalue weighted by molar-refractivity contribution is 7.98. The van der Waals surface area contributed by atoms with Crippen LogP contribution in [0.5, 0.6) is 0 Å². The van der Waals surface area contributed by atoms with Crippen LogP contribution in [-0.4, -0.2) is 43.0 Å². The molecule has 0 saturated carbocycles. The number of nitrogens with zero attached hydrogens (tertiary/aromatic N) is 2. The van der Waals surface area contributed by atoms with Crippen molar-refractivity contribution in [3.63, 3.8) is 0 Å². The first-order chi connectivity index (χ1) is 10.6. The quantitative estimate of drug-likeness (QED) is 0.707. The van der Waals surface area contributed by atoms with E-state index < -0.39 is 0 Å². The van der Waals surface area contributed by atoms with Gasteiger partial charge >= 0.3 is 0 Å². The van der Waals surface area contributed by atoms with Gasteiger partial charge in [0.05, 0.1) is 16.3 Å². The molecule has 2 aromatic rings. The monoisotopic (exact) mass is 407 g/mol. The van der Waals surface area contributed by atoms with Gasteiger partial charge in [-0.25, -0.2) is 4.98 Å². The first kappa shape index (κ1) is 23.2.